The summed E-state index contributed by atoms with van der Waals surface area (Å²) in [5.41, 5.74) is -0.842. The van der Waals surface area contributed by atoms with E-state index in [0.717, 1.165) is 12.3 Å². The monoisotopic (exact) mass is 393 g/mol. The number of carbonyl (C=O) groups excluding carboxylic acids is 2. The molecule has 0 aromatic carbocycles. The number of nitrogens with one attached hydrogen (secondary N) is 2. The third-order valence-electron chi connectivity index (χ3n) is 4.29. The van der Waals surface area contributed by atoms with Gasteiger partial charge in [0.2, 0.25) is 11.8 Å². The smallest absolute Gasteiger partial charge is 0.347 e. The highest BCUT2D eigenvalue weighted by atomic mass is 35.5. The van der Waals surface area contributed by atoms with Gasteiger partial charge in [-0.1, -0.05) is 11.6 Å². The van der Waals surface area contributed by atoms with Crippen LogP contribution in [0.4, 0.5) is 19.0 Å². The molecule has 1 aliphatic rings. The Labute approximate surface area is 154 Å². The fraction of sp³-hybridized carbons (Fsp3) is 0.562. The second-order valence-electron chi connectivity index (χ2n) is 6.35. The lowest BCUT2D eigenvalue weighted by Gasteiger charge is -2.27. The minimum absolute atomic E-state index is 0.0145. The van der Waals surface area contributed by atoms with Crippen LogP contribution in [0, 0.1) is 5.92 Å². The van der Waals surface area contributed by atoms with E-state index in [4.69, 9.17) is 11.6 Å². The Hall–Kier alpha value is -2.03. The quantitative estimate of drug-likeness (QED) is 0.844. The molecule has 1 aromatic heterocycles. The molecule has 2 N–H and O–H groups in total. The molecule has 0 unspecified atom stereocenters. The molecule has 0 aliphatic carbocycles. The summed E-state index contributed by atoms with van der Waals surface area (Å²) in [5, 5.41) is 2.60. The number of piperidine rings is 1. The maximum Gasteiger partial charge on any atom is 0.419 e. The summed E-state index contributed by atoms with van der Waals surface area (Å²) in [6.45, 7) is 0.896. The number of halogens is 4. The van der Waals surface area contributed by atoms with E-state index >= 15 is 0 Å². The van der Waals surface area contributed by atoms with Gasteiger partial charge in [-0.15, -0.1) is 0 Å². The Balaban J connectivity index is 1.92. The van der Waals surface area contributed by atoms with Crippen molar-refractivity contribution in [3.8, 4) is 0 Å². The lowest BCUT2D eigenvalue weighted by atomic mass is 9.96. The van der Waals surface area contributed by atoms with Crippen molar-refractivity contribution in [3.63, 3.8) is 0 Å². The van der Waals surface area contributed by atoms with Gasteiger partial charge < -0.3 is 10.2 Å². The largest absolute Gasteiger partial charge is 0.419 e. The van der Waals surface area contributed by atoms with Gasteiger partial charge in [0, 0.05) is 20.0 Å². The highest BCUT2D eigenvalue weighted by molar-refractivity contribution is 6.32. The van der Waals surface area contributed by atoms with Crippen LogP contribution in [0.25, 0.3) is 0 Å². The summed E-state index contributed by atoms with van der Waals surface area (Å²) in [5.74, 6) is -0.222. The van der Waals surface area contributed by atoms with Gasteiger partial charge in [0.1, 0.15) is 11.2 Å². The number of aromatic amines is 1. The van der Waals surface area contributed by atoms with Gasteiger partial charge in [0.05, 0.1) is 25.2 Å². The fourth-order valence-corrected chi connectivity index (χ4v) is 2.99. The Kier molecular flexibility index (Phi) is 6.33. The zero-order valence-corrected chi connectivity index (χ0v) is 15.2. The van der Waals surface area contributed by atoms with Crippen LogP contribution in [0.1, 0.15) is 18.4 Å². The summed E-state index contributed by atoms with van der Waals surface area (Å²) < 4.78 is 38.1. The summed E-state index contributed by atoms with van der Waals surface area (Å²) in [6.07, 6.45) is -2.54. The second kappa shape index (κ2) is 8.11. The lowest BCUT2D eigenvalue weighted by molar-refractivity contribution is -0.367. The highest BCUT2D eigenvalue weighted by Crippen LogP contribution is 2.33. The number of likely N-dealkylation sites (N-methyl/N-ethyl adjacent to an activating group) is 1. The predicted octanol–water partition coefficient (Wildman–Crippen LogP) is 1.59. The van der Waals surface area contributed by atoms with E-state index in [1.807, 2.05) is 4.90 Å². The Morgan fingerprint density at radius 2 is 1.96 bits per heavy atom. The maximum atomic E-state index is 12.7. The van der Waals surface area contributed by atoms with Gasteiger partial charge in [0.15, 0.2) is 0 Å². The minimum atomic E-state index is -4.46. The molecule has 0 atom stereocenters. The van der Waals surface area contributed by atoms with Gasteiger partial charge in [0.25, 0.3) is 5.82 Å². The third-order valence-corrected chi connectivity index (χ3v) is 4.58. The summed E-state index contributed by atoms with van der Waals surface area (Å²) >= 11 is 5.99. The molecule has 0 spiro atoms. The van der Waals surface area contributed by atoms with Crippen LogP contribution in [0.5, 0.6) is 0 Å². The normalized spacial score (nSPS) is 15.7. The number of nitrogens with zero attached hydrogens (tertiary/aromatic N) is 2. The van der Waals surface area contributed by atoms with Crippen LogP contribution >= 0.6 is 11.6 Å². The number of carbonyl (C=O) groups is 2. The molecule has 0 saturated carbocycles. The van der Waals surface area contributed by atoms with Gasteiger partial charge in [-0.2, -0.15) is 13.2 Å². The molecule has 1 fully saturated rings. The molecular formula is C16H21ClF3N4O2+. The lowest BCUT2D eigenvalue weighted by Crippen LogP contribution is -2.44. The first kappa shape index (κ1) is 20.3. The zero-order chi connectivity index (χ0) is 19.5. The number of hydrogen-bond donors (Lipinski definition) is 1. The van der Waals surface area contributed by atoms with Crippen LogP contribution in [-0.2, 0) is 15.8 Å². The second-order valence-corrected chi connectivity index (χ2v) is 6.76. The predicted molar refractivity (Wildman–Crippen MR) is 89.7 cm³/mol. The molecule has 144 valence electrons. The minimum Gasteiger partial charge on any atom is -0.347 e. The van der Waals surface area contributed by atoms with Crippen LogP contribution < -0.4 is 15.2 Å². The SMILES string of the molecule is CN(C)C(=O)CNC(=O)C1CCN(c2[nH+]cc(C(F)(F)F)cc2Cl)CC1. The number of amides is 2. The van der Waals surface area contributed by atoms with E-state index in [1.165, 1.54) is 4.90 Å². The number of pyridine rings is 1. The van der Waals surface area contributed by atoms with E-state index in [9.17, 15) is 22.8 Å². The Morgan fingerprint density at radius 3 is 2.46 bits per heavy atom. The van der Waals surface area contributed by atoms with Crippen molar-refractivity contribution >= 4 is 29.2 Å². The first-order valence-electron chi connectivity index (χ1n) is 8.11. The number of H-pyrrole nitrogens is 1. The van der Waals surface area contributed by atoms with Gasteiger partial charge >= 0.3 is 6.18 Å². The molecule has 1 aliphatic heterocycles. The topological polar surface area (TPSA) is 66.8 Å². The van der Waals surface area contributed by atoms with Crippen molar-refractivity contribution in [1.82, 2.24) is 10.2 Å². The van der Waals surface area contributed by atoms with E-state index in [0.29, 0.717) is 31.7 Å². The molecule has 0 bridgehead atoms. The number of anilines is 1. The van der Waals surface area contributed by atoms with Crippen molar-refractivity contribution in [2.45, 2.75) is 19.0 Å². The molecule has 1 aromatic rings. The van der Waals surface area contributed by atoms with E-state index < -0.39 is 11.7 Å². The van der Waals surface area contributed by atoms with Crippen molar-refractivity contribution in [1.29, 1.82) is 0 Å². The molecular weight excluding hydrogens is 373 g/mol. The average molecular weight is 394 g/mol. The third kappa shape index (κ3) is 5.00. The number of alkyl halides is 3. The van der Waals surface area contributed by atoms with Gasteiger partial charge in [-0.25, -0.2) is 4.98 Å². The van der Waals surface area contributed by atoms with Crippen molar-refractivity contribution < 1.29 is 27.7 Å². The molecule has 6 nitrogen and oxygen atoms in total. The molecule has 1 saturated heterocycles. The maximum absolute atomic E-state index is 12.7. The molecule has 0 radical (unpaired) electrons. The number of rotatable bonds is 4. The molecule has 10 heteroatoms. The van der Waals surface area contributed by atoms with Crippen molar-refractivity contribution in [2.75, 3.05) is 38.6 Å². The van der Waals surface area contributed by atoms with Crippen molar-refractivity contribution in [3.05, 3.63) is 22.8 Å². The molecule has 26 heavy (non-hydrogen) atoms. The Morgan fingerprint density at radius 1 is 1.35 bits per heavy atom. The first-order chi connectivity index (χ1) is 12.1. The molecule has 2 amide bonds. The molecule has 2 rings (SSSR count). The summed E-state index contributed by atoms with van der Waals surface area (Å²) in [6, 6.07) is 0.888. The Bertz CT molecular complexity index is 674. The highest BCUT2D eigenvalue weighted by Gasteiger charge is 2.35. The zero-order valence-electron chi connectivity index (χ0n) is 14.5. The van der Waals surface area contributed by atoms with Crippen molar-refractivity contribution in [2.24, 2.45) is 5.92 Å². The van der Waals surface area contributed by atoms with Crippen LogP contribution in [0.3, 0.4) is 0 Å². The van der Waals surface area contributed by atoms with Gasteiger partial charge in [-0.3, -0.25) is 14.5 Å². The van der Waals surface area contributed by atoms with E-state index in [-0.39, 0.29) is 29.3 Å². The van der Waals surface area contributed by atoms with Crippen LogP contribution in [0.2, 0.25) is 5.02 Å². The standard InChI is InChI=1S/C16H20ClF3N4O2/c1-23(2)13(25)9-22-15(26)10-3-5-24(6-4-10)14-12(17)7-11(8-21-14)16(18,19)20/h7-8,10H,3-6,9H2,1-2H3,(H,22,26)/p+1. The first-order valence-corrected chi connectivity index (χ1v) is 8.48. The van der Waals surface area contributed by atoms with Crippen LogP contribution in [-0.4, -0.2) is 50.4 Å². The summed E-state index contributed by atoms with van der Waals surface area (Å²) in [4.78, 5) is 29.5. The van der Waals surface area contributed by atoms with Gasteiger partial charge in [-0.05, 0) is 18.9 Å². The van der Waals surface area contributed by atoms with Crippen LogP contribution in [0.15, 0.2) is 12.3 Å². The molecule has 2 heterocycles. The van der Waals surface area contributed by atoms with E-state index in [2.05, 4.69) is 10.3 Å². The fourth-order valence-electron chi connectivity index (χ4n) is 2.70. The summed E-state index contributed by atoms with van der Waals surface area (Å²) in [7, 11) is 3.22. The number of aromatic nitrogens is 1. The number of hydrogen-bond acceptors (Lipinski definition) is 3. The average Bonchev–Trinajstić information content (AvgIpc) is 2.58. The van der Waals surface area contributed by atoms with E-state index in [1.54, 1.807) is 14.1 Å².